The largest absolute Gasteiger partial charge is 0.365 e. The van der Waals surface area contributed by atoms with Gasteiger partial charge in [-0.15, -0.1) is 5.06 Å². The Balaban J connectivity index is 2.00. The number of benzene rings is 2. The average molecular weight is 383 g/mol. The summed E-state index contributed by atoms with van der Waals surface area (Å²) < 4.78 is 0. The summed E-state index contributed by atoms with van der Waals surface area (Å²) in [4.78, 5) is 44.9. The van der Waals surface area contributed by atoms with Gasteiger partial charge >= 0.3 is 0 Å². The SMILES string of the molecule is CC(C)(C)ON1C(=O)c2cccc3c(N4CCCC4)c([N+](=O)[O-])cc(c23)C1=O. The topological polar surface area (TPSA) is 93.0 Å². The van der Waals surface area contributed by atoms with Crippen molar-refractivity contribution >= 4 is 34.0 Å². The van der Waals surface area contributed by atoms with Gasteiger partial charge in [-0.05, 0) is 39.7 Å². The summed E-state index contributed by atoms with van der Waals surface area (Å²) in [6, 6.07) is 6.34. The Morgan fingerprint density at radius 1 is 1.07 bits per heavy atom. The lowest BCUT2D eigenvalue weighted by atomic mass is 9.92. The molecule has 2 aliphatic heterocycles. The minimum absolute atomic E-state index is 0.115. The van der Waals surface area contributed by atoms with Gasteiger partial charge in [-0.3, -0.25) is 24.5 Å². The van der Waals surface area contributed by atoms with Crippen LogP contribution in [-0.4, -0.2) is 40.5 Å². The van der Waals surface area contributed by atoms with Crippen molar-refractivity contribution in [2.75, 3.05) is 18.0 Å². The van der Waals surface area contributed by atoms with Crippen molar-refractivity contribution in [3.05, 3.63) is 45.5 Å². The van der Waals surface area contributed by atoms with Gasteiger partial charge in [0, 0.05) is 29.9 Å². The molecule has 1 saturated heterocycles. The second-order valence-electron chi connectivity index (χ2n) is 8.08. The number of nitrogens with zero attached hydrogens (tertiary/aromatic N) is 3. The van der Waals surface area contributed by atoms with E-state index in [1.807, 2.05) is 4.90 Å². The third-order valence-corrected chi connectivity index (χ3v) is 4.93. The predicted octanol–water partition coefficient (Wildman–Crippen LogP) is 3.67. The normalized spacial score (nSPS) is 17.0. The Morgan fingerprint density at radius 3 is 2.32 bits per heavy atom. The monoisotopic (exact) mass is 383 g/mol. The van der Waals surface area contributed by atoms with Crippen LogP contribution >= 0.6 is 0 Å². The molecule has 4 rings (SSSR count). The standard InChI is InChI=1S/C20H21N3O5/c1-20(2,3)28-22-18(24)13-8-6-7-12-16(13)14(19(22)25)11-15(23(26)27)17(12)21-9-4-5-10-21/h6-8,11H,4-5,9-10H2,1-3H3. The maximum Gasteiger partial charge on any atom is 0.293 e. The first-order valence-electron chi connectivity index (χ1n) is 9.26. The molecule has 2 aromatic rings. The molecule has 0 spiro atoms. The molecule has 0 N–H and O–H groups in total. The Bertz CT molecular complexity index is 1020. The molecule has 146 valence electrons. The molecule has 0 bridgehead atoms. The minimum atomic E-state index is -0.780. The van der Waals surface area contributed by atoms with Crippen molar-refractivity contribution in [2.24, 2.45) is 0 Å². The van der Waals surface area contributed by atoms with E-state index in [0.29, 0.717) is 35.1 Å². The molecule has 0 radical (unpaired) electrons. The average Bonchev–Trinajstić information content (AvgIpc) is 3.15. The number of carbonyl (C=O) groups excluding carboxylic acids is 2. The number of anilines is 1. The van der Waals surface area contributed by atoms with Crippen molar-refractivity contribution < 1.29 is 19.3 Å². The molecule has 0 atom stereocenters. The number of hydrogen-bond acceptors (Lipinski definition) is 6. The lowest BCUT2D eigenvalue weighted by Crippen LogP contribution is -2.44. The summed E-state index contributed by atoms with van der Waals surface area (Å²) in [5.41, 5.74) is 0.00245. The maximum absolute atomic E-state index is 13.0. The number of nitro benzene ring substituents is 1. The minimum Gasteiger partial charge on any atom is -0.365 e. The maximum atomic E-state index is 13.0. The lowest BCUT2D eigenvalue weighted by Gasteiger charge is -2.32. The van der Waals surface area contributed by atoms with Gasteiger partial charge in [-0.25, -0.2) is 0 Å². The lowest BCUT2D eigenvalue weighted by molar-refractivity contribution is -0.384. The highest BCUT2D eigenvalue weighted by Crippen LogP contribution is 2.43. The molecule has 8 nitrogen and oxygen atoms in total. The van der Waals surface area contributed by atoms with E-state index in [9.17, 15) is 19.7 Å². The fraction of sp³-hybridized carbons (Fsp3) is 0.400. The molecule has 2 aliphatic rings. The van der Waals surface area contributed by atoms with Gasteiger partial charge in [-0.1, -0.05) is 12.1 Å². The third kappa shape index (κ3) is 2.80. The highest BCUT2D eigenvalue weighted by Gasteiger charge is 2.39. The van der Waals surface area contributed by atoms with Crippen LogP contribution in [0.4, 0.5) is 11.4 Å². The second-order valence-corrected chi connectivity index (χ2v) is 8.08. The summed E-state index contributed by atoms with van der Waals surface area (Å²) in [5, 5.41) is 13.6. The van der Waals surface area contributed by atoms with Crippen molar-refractivity contribution in [3.63, 3.8) is 0 Å². The third-order valence-electron chi connectivity index (χ3n) is 4.93. The first-order valence-corrected chi connectivity index (χ1v) is 9.26. The Labute approximate surface area is 161 Å². The van der Waals surface area contributed by atoms with Crippen LogP contribution in [0.15, 0.2) is 24.3 Å². The van der Waals surface area contributed by atoms with Gasteiger partial charge in [0.05, 0.1) is 21.7 Å². The fourth-order valence-electron chi connectivity index (χ4n) is 3.88. The zero-order valence-corrected chi connectivity index (χ0v) is 16.0. The molecular weight excluding hydrogens is 362 g/mol. The number of amides is 2. The van der Waals surface area contributed by atoms with Crippen molar-refractivity contribution in [1.29, 1.82) is 0 Å². The van der Waals surface area contributed by atoms with Crippen LogP contribution in [0.25, 0.3) is 10.8 Å². The number of hydrogen-bond donors (Lipinski definition) is 0. The molecular formula is C20H21N3O5. The van der Waals surface area contributed by atoms with Gasteiger partial charge in [0.25, 0.3) is 17.5 Å². The van der Waals surface area contributed by atoms with Crippen LogP contribution in [0, 0.1) is 10.1 Å². The zero-order valence-electron chi connectivity index (χ0n) is 16.0. The van der Waals surface area contributed by atoms with Gasteiger partial charge in [0.15, 0.2) is 0 Å². The van der Waals surface area contributed by atoms with Gasteiger partial charge in [0.1, 0.15) is 5.69 Å². The molecule has 8 heteroatoms. The van der Waals surface area contributed by atoms with E-state index in [0.717, 1.165) is 17.9 Å². The van der Waals surface area contributed by atoms with Gasteiger partial charge < -0.3 is 4.90 Å². The van der Waals surface area contributed by atoms with E-state index >= 15 is 0 Å². The molecule has 2 heterocycles. The van der Waals surface area contributed by atoms with Crippen LogP contribution in [0.5, 0.6) is 0 Å². The van der Waals surface area contributed by atoms with E-state index in [2.05, 4.69) is 0 Å². The number of carbonyl (C=O) groups is 2. The first-order chi connectivity index (χ1) is 13.2. The first kappa shape index (κ1) is 18.4. The number of hydroxylamine groups is 2. The summed E-state index contributed by atoms with van der Waals surface area (Å²) in [6.07, 6.45) is 1.90. The molecule has 0 aliphatic carbocycles. The van der Waals surface area contributed by atoms with Crippen LogP contribution in [0.2, 0.25) is 0 Å². The Kier molecular flexibility index (Phi) is 4.11. The van der Waals surface area contributed by atoms with E-state index < -0.39 is 22.3 Å². The zero-order chi connectivity index (χ0) is 20.2. The van der Waals surface area contributed by atoms with Crippen LogP contribution < -0.4 is 4.90 Å². The quantitative estimate of drug-likeness (QED) is 0.456. The van der Waals surface area contributed by atoms with Gasteiger partial charge in [0.2, 0.25) is 0 Å². The summed E-state index contributed by atoms with van der Waals surface area (Å²) in [5.74, 6) is -1.24. The molecule has 0 unspecified atom stereocenters. The van der Waals surface area contributed by atoms with Crippen molar-refractivity contribution in [3.8, 4) is 0 Å². The van der Waals surface area contributed by atoms with Crippen LogP contribution in [0.3, 0.4) is 0 Å². The van der Waals surface area contributed by atoms with E-state index in [1.54, 1.807) is 39.0 Å². The van der Waals surface area contributed by atoms with Crippen molar-refractivity contribution in [2.45, 2.75) is 39.2 Å². The fourth-order valence-corrected chi connectivity index (χ4v) is 3.88. The van der Waals surface area contributed by atoms with E-state index in [1.165, 1.54) is 6.07 Å². The van der Waals surface area contributed by atoms with Crippen LogP contribution in [-0.2, 0) is 4.84 Å². The molecule has 1 fully saturated rings. The summed E-state index contributed by atoms with van der Waals surface area (Å²) >= 11 is 0. The second kappa shape index (κ2) is 6.27. The number of nitro groups is 1. The number of rotatable bonds is 3. The Hall–Kier alpha value is -3.00. The Morgan fingerprint density at radius 2 is 1.71 bits per heavy atom. The summed E-state index contributed by atoms with van der Waals surface area (Å²) in [6.45, 7) is 6.59. The predicted molar refractivity (Wildman–Crippen MR) is 103 cm³/mol. The van der Waals surface area contributed by atoms with Crippen LogP contribution in [0.1, 0.15) is 54.3 Å². The molecule has 28 heavy (non-hydrogen) atoms. The smallest absolute Gasteiger partial charge is 0.293 e. The number of imide groups is 1. The van der Waals surface area contributed by atoms with Crippen molar-refractivity contribution in [1.82, 2.24) is 5.06 Å². The molecule has 0 aromatic heterocycles. The highest BCUT2D eigenvalue weighted by molar-refractivity contribution is 6.27. The van der Waals surface area contributed by atoms with E-state index in [-0.39, 0.29) is 11.3 Å². The van der Waals surface area contributed by atoms with E-state index in [4.69, 9.17) is 4.84 Å². The summed E-state index contributed by atoms with van der Waals surface area (Å²) in [7, 11) is 0. The highest BCUT2D eigenvalue weighted by atomic mass is 16.7. The molecule has 0 saturated carbocycles. The molecule has 2 amide bonds. The molecule has 2 aromatic carbocycles. The van der Waals surface area contributed by atoms with Gasteiger partial charge in [-0.2, -0.15) is 0 Å².